The molecule has 4 aromatic carbocycles. The van der Waals surface area contributed by atoms with E-state index in [9.17, 15) is 4.79 Å². The molecule has 0 fully saturated rings. The smallest absolute Gasteiger partial charge is 0.244 e. The summed E-state index contributed by atoms with van der Waals surface area (Å²) in [5.74, 6) is 0.641. The Hall–Kier alpha value is -3.92. The van der Waals surface area contributed by atoms with E-state index < -0.39 is 0 Å². The van der Waals surface area contributed by atoms with Crippen molar-refractivity contribution in [1.29, 1.82) is 0 Å². The Bertz CT molecular complexity index is 1280. The number of nitrogens with zero attached hydrogens (tertiary/aromatic N) is 1. The predicted octanol–water partition coefficient (Wildman–Crippen LogP) is 6.41. The summed E-state index contributed by atoms with van der Waals surface area (Å²) < 4.78 is 5.98. The summed E-state index contributed by atoms with van der Waals surface area (Å²) in [4.78, 5) is 12.2. The molecule has 0 aliphatic rings. The molecule has 0 atom stereocenters. The number of carbonyl (C=O) groups is 1. The molecule has 0 unspecified atom stereocenters. The maximum atomic E-state index is 12.2. The summed E-state index contributed by atoms with van der Waals surface area (Å²) in [6, 6.07) is 30.4. The Labute approximate surface area is 201 Å². The summed E-state index contributed by atoms with van der Waals surface area (Å²) in [5, 5.41) is 6.50. The third-order valence-electron chi connectivity index (χ3n) is 5.74. The number of benzene rings is 4. The second kappa shape index (κ2) is 10.3. The van der Waals surface area contributed by atoms with Crippen molar-refractivity contribution in [2.45, 2.75) is 39.2 Å². The minimum atomic E-state index is -0.144. The number of amides is 1. The molecule has 34 heavy (non-hydrogen) atoms. The van der Waals surface area contributed by atoms with Crippen molar-refractivity contribution in [2.24, 2.45) is 5.10 Å². The number of hydrogen-bond acceptors (Lipinski definition) is 3. The Morgan fingerprint density at radius 3 is 2.32 bits per heavy atom. The van der Waals surface area contributed by atoms with Crippen molar-refractivity contribution in [1.82, 2.24) is 5.43 Å². The third kappa shape index (κ3) is 6.10. The van der Waals surface area contributed by atoms with Crippen LogP contribution in [0.25, 0.3) is 10.8 Å². The van der Waals surface area contributed by atoms with E-state index in [0.717, 1.165) is 22.4 Å². The highest BCUT2D eigenvalue weighted by Gasteiger charge is 2.13. The van der Waals surface area contributed by atoms with Crippen LogP contribution in [0.1, 0.15) is 43.0 Å². The zero-order valence-electron chi connectivity index (χ0n) is 19.9. The summed E-state index contributed by atoms with van der Waals surface area (Å²) in [7, 11) is 0. The molecular formula is C30H30N2O2. The molecule has 4 nitrogen and oxygen atoms in total. The van der Waals surface area contributed by atoms with Crippen LogP contribution >= 0.6 is 0 Å². The predicted molar refractivity (Wildman–Crippen MR) is 139 cm³/mol. The first-order valence-electron chi connectivity index (χ1n) is 11.5. The van der Waals surface area contributed by atoms with Crippen molar-refractivity contribution >= 4 is 22.9 Å². The summed E-state index contributed by atoms with van der Waals surface area (Å²) in [6.45, 7) is 7.02. The van der Waals surface area contributed by atoms with Crippen LogP contribution < -0.4 is 10.2 Å². The van der Waals surface area contributed by atoms with Gasteiger partial charge in [-0.05, 0) is 62.7 Å². The highest BCUT2D eigenvalue weighted by molar-refractivity contribution is 5.85. The van der Waals surface area contributed by atoms with Crippen LogP contribution in [0.15, 0.2) is 96.1 Å². The molecule has 0 spiro atoms. The van der Waals surface area contributed by atoms with Gasteiger partial charge in [0.1, 0.15) is 12.4 Å². The first-order valence-corrected chi connectivity index (χ1v) is 11.5. The molecule has 0 saturated heterocycles. The minimum absolute atomic E-state index is 0.0988. The zero-order chi connectivity index (χ0) is 24.0. The van der Waals surface area contributed by atoms with Crippen LogP contribution in [0.5, 0.6) is 5.75 Å². The topological polar surface area (TPSA) is 50.7 Å². The number of carbonyl (C=O) groups excluding carboxylic acids is 1. The van der Waals surface area contributed by atoms with Crippen LogP contribution in [0, 0.1) is 0 Å². The van der Waals surface area contributed by atoms with Crippen LogP contribution in [-0.2, 0) is 23.2 Å². The van der Waals surface area contributed by atoms with Gasteiger partial charge < -0.3 is 4.74 Å². The maximum Gasteiger partial charge on any atom is 0.244 e. The summed E-state index contributed by atoms with van der Waals surface area (Å²) in [6.07, 6.45) is 1.93. The molecule has 1 N–H and O–H groups in total. The van der Waals surface area contributed by atoms with Crippen molar-refractivity contribution in [2.75, 3.05) is 0 Å². The molecule has 4 aromatic rings. The van der Waals surface area contributed by atoms with Gasteiger partial charge >= 0.3 is 0 Å². The molecule has 0 aromatic heterocycles. The van der Waals surface area contributed by atoms with E-state index >= 15 is 0 Å². The van der Waals surface area contributed by atoms with Crippen molar-refractivity contribution in [3.05, 3.63) is 113 Å². The molecule has 0 aliphatic carbocycles. The van der Waals surface area contributed by atoms with Gasteiger partial charge in [0.2, 0.25) is 5.91 Å². The second-order valence-electron chi connectivity index (χ2n) is 9.41. The van der Waals surface area contributed by atoms with E-state index in [0.29, 0.717) is 13.0 Å². The normalized spacial score (nSPS) is 11.6. The zero-order valence-corrected chi connectivity index (χ0v) is 19.9. The van der Waals surface area contributed by atoms with Gasteiger partial charge in [-0.2, -0.15) is 5.10 Å². The number of fused-ring (bicyclic) bond motifs is 1. The lowest BCUT2D eigenvalue weighted by atomic mass is 9.86. The van der Waals surface area contributed by atoms with E-state index in [2.05, 4.69) is 73.8 Å². The van der Waals surface area contributed by atoms with E-state index in [4.69, 9.17) is 4.74 Å². The lowest BCUT2D eigenvalue weighted by Crippen LogP contribution is -2.20. The van der Waals surface area contributed by atoms with Gasteiger partial charge in [-0.15, -0.1) is 0 Å². The molecule has 0 heterocycles. The molecule has 0 bridgehead atoms. The van der Waals surface area contributed by atoms with E-state index in [-0.39, 0.29) is 11.3 Å². The lowest BCUT2D eigenvalue weighted by Gasteiger charge is -2.19. The average Bonchev–Trinajstić information content (AvgIpc) is 2.83. The van der Waals surface area contributed by atoms with Crippen LogP contribution in [-0.4, -0.2) is 12.1 Å². The second-order valence-corrected chi connectivity index (χ2v) is 9.41. The molecule has 4 heteroatoms. The quantitative estimate of drug-likeness (QED) is 0.261. The van der Waals surface area contributed by atoms with Gasteiger partial charge in [0.15, 0.2) is 0 Å². The molecule has 0 aliphatic heterocycles. The van der Waals surface area contributed by atoms with Crippen LogP contribution in [0.4, 0.5) is 0 Å². The highest BCUT2D eigenvalue weighted by atomic mass is 16.5. The van der Waals surface area contributed by atoms with Gasteiger partial charge in [0.25, 0.3) is 0 Å². The fourth-order valence-electron chi connectivity index (χ4n) is 3.76. The Balaban J connectivity index is 1.27. The number of nitrogens with one attached hydrogen (secondary N) is 1. The largest absolute Gasteiger partial charge is 0.489 e. The molecular weight excluding hydrogens is 420 g/mol. The Morgan fingerprint density at radius 2 is 1.59 bits per heavy atom. The molecule has 4 rings (SSSR count). The lowest BCUT2D eigenvalue weighted by molar-refractivity contribution is -0.120. The van der Waals surface area contributed by atoms with Crippen LogP contribution in [0.3, 0.4) is 0 Å². The summed E-state index contributed by atoms with van der Waals surface area (Å²) >= 11 is 0. The first kappa shape index (κ1) is 23.2. The number of hydrazone groups is 1. The van der Waals surface area contributed by atoms with Crippen molar-refractivity contribution in [3.63, 3.8) is 0 Å². The Kier molecular flexibility index (Phi) is 7.07. The van der Waals surface area contributed by atoms with Gasteiger partial charge in [0, 0.05) is 0 Å². The third-order valence-corrected chi connectivity index (χ3v) is 5.74. The number of ether oxygens (including phenoxy) is 1. The monoisotopic (exact) mass is 450 g/mol. The number of hydrogen-bond donors (Lipinski definition) is 1. The van der Waals surface area contributed by atoms with Gasteiger partial charge in [-0.3, -0.25) is 4.79 Å². The maximum absolute atomic E-state index is 12.2. The summed E-state index contributed by atoms with van der Waals surface area (Å²) in [5.41, 5.74) is 6.95. The number of rotatable bonds is 7. The van der Waals surface area contributed by atoms with E-state index in [1.54, 1.807) is 6.21 Å². The standard InChI is InChI=1S/C30H30N2O2/c1-30(2,3)26-15-11-22(12-16-26)19-29(33)32-31-20-23-13-17-27(18-14-23)34-21-25-9-6-8-24-7-4-5-10-28(24)25/h4-18,20H,19,21H2,1-3H3,(H,32,33)/b31-20-. The Morgan fingerprint density at radius 1 is 0.882 bits per heavy atom. The van der Waals surface area contributed by atoms with Gasteiger partial charge in [0.05, 0.1) is 12.6 Å². The fraction of sp³-hybridized carbons (Fsp3) is 0.200. The van der Waals surface area contributed by atoms with Gasteiger partial charge in [-0.25, -0.2) is 5.43 Å². The van der Waals surface area contributed by atoms with Crippen molar-refractivity contribution < 1.29 is 9.53 Å². The fourth-order valence-corrected chi connectivity index (χ4v) is 3.76. The van der Waals surface area contributed by atoms with Crippen molar-refractivity contribution in [3.8, 4) is 5.75 Å². The van der Waals surface area contributed by atoms with Gasteiger partial charge in [-0.1, -0.05) is 87.5 Å². The molecule has 172 valence electrons. The first-order chi connectivity index (χ1) is 16.4. The molecule has 1 amide bonds. The highest BCUT2D eigenvalue weighted by Crippen LogP contribution is 2.23. The van der Waals surface area contributed by atoms with E-state index in [1.165, 1.54) is 16.3 Å². The van der Waals surface area contributed by atoms with Crippen LogP contribution in [0.2, 0.25) is 0 Å². The average molecular weight is 451 g/mol. The minimum Gasteiger partial charge on any atom is -0.489 e. The molecule has 0 saturated carbocycles. The van der Waals surface area contributed by atoms with E-state index in [1.807, 2.05) is 48.5 Å². The molecule has 0 radical (unpaired) electrons. The SMILES string of the molecule is CC(C)(C)c1ccc(CC(=O)N/N=C\c2ccc(OCc3cccc4ccccc34)cc2)cc1.